The Balaban J connectivity index is 0.939. The molecule has 9 aromatic carbocycles. The molecule has 3 heterocycles. The van der Waals surface area contributed by atoms with Gasteiger partial charge in [0.05, 0.1) is 21.3 Å². The molecule has 294 valence electrons. The van der Waals surface area contributed by atoms with Crippen LogP contribution < -0.4 is 4.74 Å². The van der Waals surface area contributed by atoms with E-state index in [9.17, 15) is 0 Å². The van der Waals surface area contributed by atoms with E-state index in [1.54, 1.807) is 11.3 Å². The van der Waals surface area contributed by atoms with E-state index in [1.165, 1.54) is 49.2 Å². The summed E-state index contributed by atoms with van der Waals surface area (Å²) in [5.41, 5.74) is 17.8. The summed E-state index contributed by atoms with van der Waals surface area (Å²) < 4.78 is 8.88. The van der Waals surface area contributed by atoms with E-state index in [4.69, 9.17) is 14.7 Å². The Kier molecular flexibility index (Phi) is 7.99. The first-order chi connectivity index (χ1) is 31.2. The van der Waals surface area contributed by atoms with Gasteiger partial charge in [-0.05, 0) is 86.0 Å². The van der Waals surface area contributed by atoms with Crippen LogP contribution in [0.1, 0.15) is 22.3 Å². The maximum Gasteiger partial charge on any atom is 0.160 e. The van der Waals surface area contributed by atoms with Crippen molar-refractivity contribution in [3.63, 3.8) is 0 Å². The van der Waals surface area contributed by atoms with E-state index in [0.717, 1.165) is 72.0 Å². The minimum Gasteiger partial charge on any atom is -0.457 e. The normalized spacial score (nSPS) is 13.0. The predicted molar refractivity (Wildman–Crippen MR) is 259 cm³/mol. The Morgan fingerprint density at radius 3 is 1.71 bits per heavy atom. The Hall–Kier alpha value is -7.92. The lowest BCUT2D eigenvalue weighted by Crippen LogP contribution is -2.32. The molecule has 0 saturated heterocycles. The van der Waals surface area contributed by atoms with Crippen molar-refractivity contribution in [2.24, 2.45) is 0 Å². The molecular formula is C59H36N2OS. The molecule has 13 rings (SSSR count). The number of rotatable bonds is 5. The van der Waals surface area contributed by atoms with Crippen molar-refractivity contribution < 1.29 is 4.74 Å². The summed E-state index contributed by atoms with van der Waals surface area (Å²) in [6, 6.07) is 78.4. The van der Waals surface area contributed by atoms with E-state index < -0.39 is 5.41 Å². The first kappa shape index (κ1) is 35.8. The highest BCUT2D eigenvalue weighted by Crippen LogP contribution is 2.62. The molecule has 2 aromatic heterocycles. The topological polar surface area (TPSA) is 35.0 Å². The number of ether oxygens (including phenoxy) is 1. The van der Waals surface area contributed by atoms with Gasteiger partial charge in [-0.25, -0.2) is 9.97 Å². The number of hydrogen-bond donors (Lipinski definition) is 0. The quantitative estimate of drug-likeness (QED) is 0.173. The average molecular weight is 821 g/mol. The first-order valence-electron chi connectivity index (χ1n) is 21.4. The van der Waals surface area contributed by atoms with Crippen LogP contribution in [0.25, 0.3) is 87.5 Å². The summed E-state index contributed by atoms with van der Waals surface area (Å²) in [6.07, 6.45) is 0. The Bertz CT molecular complexity index is 3560. The lowest BCUT2D eigenvalue weighted by atomic mass is 9.66. The lowest BCUT2D eigenvalue weighted by Gasteiger charge is -2.39. The smallest absolute Gasteiger partial charge is 0.160 e. The van der Waals surface area contributed by atoms with Crippen LogP contribution in [-0.4, -0.2) is 9.97 Å². The second kappa shape index (κ2) is 14.1. The van der Waals surface area contributed by atoms with Crippen molar-refractivity contribution in [2.45, 2.75) is 5.41 Å². The molecule has 1 aliphatic heterocycles. The van der Waals surface area contributed by atoms with E-state index in [0.29, 0.717) is 0 Å². The number of hydrogen-bond acceptors (Lipinski definition) is 4. The average Bonchev–Trinajstić information content (AvgIpc) is 3.88. The zero-order chi connectivity index (χ0) is 41.5. The van der Waals surface area contributed by atoms with Gasteiger partial charge in [-0.2, -0.15) is 0 Å². The monoisotopic (exact) mass is 820 g/mol. The van der Waals surface area contributed by atoms with Gasteiger partial charge in [0.1, 0.15) is 11.5 Å². The third-order valence-electron chi connectivity index (χ3n) is 13.0. The van der Waals surface area contributed by atoms with Crippen molar-refractivity contribution in [1.29, 1.82) is 0 Å². The third-order valence-corrected chi connectivity index (χ3v) is 14.2. The van der Waals surface area contributed by atoms with Crippen molar-refractivity contribution in [2.75, 3.05) is 0 Å². The zero-order valence-corrected chi connectivity index (χ0v) is 34.8. The second-order valence-corrected chi connectivity index (χ2v) is 17.4. The Labute approximate surface area is 369 Å². The standard InChI is InChI=1S/C59H36N2OS/c1-2-15-37(16-3-1)40-17-14-18-42(35-40)58-60-55(57-56(61-58)47-22-7-13-28-54(47)63-57)46-21-5-4-19-43(46)39-31-29-38(30-32-39)41-33-34-45-44-20-6-8-23-48(44)59(51(45)36-41)49-24-9-11-26-52(49)62-53-27-12-10-25-50(53)59/h1-36H. The van der Waals surface area contributed by atoms with Gasteiger partial charge in [-0.1, -0.05) is 188 Å². The van der Waals surface area contributed by atoms with Crippen LogP contribution in [0.15, 0.2) is 218 Å². The van der Waals surface area contributed by atoms with Crippen molar-refractivity contribution in [3.8, 4) is 78.7 Å². The highest BCUT2D eigenvalue weighted by atomic mass is 32.1. The van der Waals surface area contributed by atoms with Gasteiger partial charge >= 0.3 is 0 Å². The molecule has 11 aromatic rings. The second-order valence-electron chi connectivity index (χ2n) is 16.4. The largest absolute Gasteiger partial charge is 0.457 e. The number of thiophene rings is 1. The molecule has 0 bridgehead atoms. The van der Waals surface area contributed by atoms with E-state index in [2.05, 4.69) is 218 Å². The van der Waals surface area contributed by atoms with Crippen LogP contribution in [0.4, 0.5) is 0 Å². The fraction of sp³-hybridized carbons (Fsp3) is 0.0169. The Morgan fingerprint density at radius 2 is 0.921 bits per heavy atom. The summed E-state index contributed by atoms with van der Waals surface area (Å²) in [5, 5.41) is 1.15. The fourth-order valence-corrected chi connectivity index (χ4v) is 11.3. The van der Waals surface area contributed by atoms with Gasteiger partial charge in [-0.15, -0.1) is 11.3 Å². The molecule has 0 N–H and O–H groups in total. The summed E-state index contributed by atoms with van der Waals surface area (Å²) >= 11 is 1.76. The van der Waals surface area contributed by atoms with E-state index in [-0.39, 0.29) is 0 Å². The molecular weight excluding hydrogens is 785 g/mol. The van der Waals surface area contributed by atoms with Gasteiger partial charge in [-0.3, -0.25) is 0 Å². The lowest BCUT2D eigenvalue weighted by molar-refractivity contribution is 0.436. The number of para-hydroxylation sites is 2. The van der Waals surface area contributed by atoms with Crippen molar-refractivity contribution >= 4 is 31.6 Å². The zero-order valence-electron chi connectivity index (χ0n) is 34.0. The first-order valence-corrected chi connectivity index (χ1v) is 22.2. The Morgan fingerprint density at radius 1 is 0.365 bits per heavy atom. The molecule has 0 saturated carbocycles. The van der Waals surface area contributed by atoms with Crippen LogP contribution >= 0.6 is 11.3 Å². The number of benzene rings is 9. The predicted octanol–water partition coefficient (Wildman–Crippen LogP) is 15.6. The molecule has 0 unspecified atom stereocenters. The summed E-state index contributed by atoms with van der Waals surface area (Å²) in [6.45, 7) is 0. The van der Waals surface area contributed by atoms with Crippen molar-refractivity contribution in [1.82, 2.24) is 9.97 Å². The van der Waals surface area contributed by atoms with Crippen LogP contribution in [-0.2, 0) is 5.41 Å². The van der Waals surface area contributed by atoms with E-state index in [1.807, 2.05) is 0 Å². The van der Waals surface area contributed by atoms with Gasteiger partial charge in [0.2, 0.25) is 0 Å². The van der Waals surface area contributed by atoms with Crippen LogP contribution in [0.2, 0.25) is 0 Å². The van der Waals surface area contributed by atoms with E-state index >= 15 is 0 Å². The maximum absolute atomic E-state index is 6.59. The summed E-state index contributed by atoms with van der Waals surface area (Å²) in [7, 11) is 0. The maximum atomic E-state index is 6.59. The molecule has 63 heavy (non-hydrogen) atoms. The van der Waals surface area contributed by atoms with Gasteiger partial charge in [0.25, 0.3) is 0 Å². The van der Waals surface area contributed by atoms with Gasteiger partial charge < -0.3 is 4.74 Å². The summed E-state index contributed by atoms with van der Waals surface area (Å²) in [4.78, 5) is 10.7. The molecule has 3 nitrogen and oxygen atoms in total. The SMILES string of the molecule is c1ccc(-c2cccc(-c3nc(-c4ccccc4-c4ccc(-c5ccc6c(c5)C5(c7ccccc7Oc7ccccc75)c5ccccc5-6)cc4)c4sc5ccccc5c4n3)c2)cc1. The highest BCUT2D eigenvalue weighted by molar-refractivity contribution is 7.26. The molecule has 0 radical (unpaired) electrons. The van der Waals surface area contributed by atoms with Crippen LogP contribution in [0.5, 0.6) is 11.5 Å². The number of fused-ring (bicyclic) bond motifs is 12. The third kappa shape index (κ3) is 5.45. The highest BCUT2D eigenvalue weighted by Gasteiger charge is 2.51. The molecule has 0 fully saturated rings. The van der Waals surface area contributed by atoms with Gasteiger partial charge in [0, 0.05) is 32.3 Å². The fourth-order valence-electron chi connectivity index (χ4n) is 10.2. The molecule has 2 aliphatic rings. The number of nitrogens with zero attached hydrogens (tertiary/aromatic N) is 2. The summed E-state index contributed by atoms with van der Waals surface area (Å²) in [5.74, 6) is 2.52. The molecule has 0 atom stereocenters. The molecule has 1 spiro atoms. The number of aromatic nitrogens is 2. The van der Waals surface area contributed by atoms with Crippen molar-refractivity contribution in [3.05, 3.63) is 241 Å². The molecule has 0 amide bonds. The molecule has 1 aliphatic carbocycles. The van der Waals surface area contributed by atoms with Crippen LogP contribution in [0.3, 0.4) is 0 Å². The minimum absolute atomic E-state index is 0.510. The van der Waals surface area contributed by atoms with Crippen LogP contribution in [0, 0.1) is 0 Å². The molecule has 4 heteroatoms. The van der Waals surface area contributed by atoms with Gasteiger partial charge in [0.15, 0.2) is 5.82 Å². The minimum atomic E-state index is -0.510.